The van der Waals surface area contributed by atoms with Crippen LogP contribution in [0.5, 0.6) is 0 Å². The topological polar surface area (TPSA) is 53.5 Å². The Kier molecular flexibility index (Phi) is 10.4. The Morgan fingerprint density at radius 1 is 1.08 bits per heavy atom. The molecular formula is C19H26IN3OS. The first-order chi connectivity index (χ1) is 11.7. The van der Waals surface area contributed by atoms with Crippen LogP contribution in [0.1, 0.15) is 25.5 Å². The Morgan fingerprint density at radius 3 is 2.28 bits per heavy atom. The molecular weight excluding hydrogens is 445 g/mol. The maximum atomic E-state index is 12.2. The van der Waals surface area contributed by atoms with E-state index in [1.54, 1.807) is 0 Å². The molecule has 0 saturated heterocycles. The number of aliphatic imine (C=N–C) groups is 1. The number of benzene rings is 2. The van der Waals surface area contributed by atoms with Crippen molar-refractivity contribution in [3.05, 3.63) is 66.2 Å². The minimum absolute atomic E-state index is 0. The lowest BCUT2D eigenvalue weighted by Gasteiger charge is -2.18. The summed E-state index contributed by atoms with van der Waals surface area (Å²) in [4.78, 5) is 5.40. The van der Waals surface area contributed by atoms with Crippen LogP contribution < -0.4 is 10.6 Å². The number of guanidine groups is 1. The first-order valence-corrected chi connectivity index (χ1v) is 9.55. The molecule has 2 N–H and O–H groups in total. The summed E-state index contributed by atoms with van der Waals surface area (Å²) in [5.74, 6) is 1.26. The zero-order valence-corrected chi connectivity index (χ0v) is 17.8. The average Bonchev–Trinajstić information content (AvgIpc) is 2.63. The van der Waals surface area contributed by atoms with Gasteiger partial charge in [-0.2, -0.15) is 0 Å². The summed E-state index contributed by atoms with van der Waals surface area (Å²) in [6, 6.07) is 19.9. The fourth-order valence-corrected chi connectivity index (χ4v) is 3.23. The highest BCUT2D eigenvalue weighted by Gasteiger charge is 2.07. The van der Waals surface area contributed by atoms with Crippen LogP contribution in [-0.4, -0.2) is 29.0 Å². The van der Waals surface area contributed by atoms with Gasteiger partial charge in [-0.3, -0.25) is 9.20 Å². The lowest BCUT2D eigenvalue weighted by atomic mass is 10.1. The zero-order valence-electron chi connectivity index (χ0n) is 14.6. The van der Waals surface area contributed by atoms with Crippen molar-refractivity contribution in [3.8, 4) is 0 Å². The van der Waals surface area contributed by atoms with E-state index in [4.69, 9.17) is 0 Å². The van der Waals surface area contributed by atoms with Crippen molar-refractivity contribution in [1.29, 1.82) is 0 Å². The van der Waals surface area contributed by atoms with Gasteiger partial charge in [0.25, 0.3) is 0 Å². The van der Waals surface area contributed by atoms with E-state index in [0.29, 0.717) is 12.3 Å². The van der Waals surface area contributed by atoms with Crippen molar-refractivity contribution in [2.45, 2.75) is 24.8 Å². The molecule has 2 aromatic rings. The van der Waals surface area contributed by atoms with E-state index in [0.717, 1.165) is 17.4 Å². The van der Waals surface area contributed by atoms with Gasteiger partial charge in [-0.05, 0) is 31.5 Å². The molecule has 136 valence electrons. The standard InChI is InChI=1S/C19H25N3OS.HI/c1-3-20-19(22-16(2)17-10-6-4-7-11-17)21-14-15-24(23)18-12-8-5-9-13-18;/h4-13,16H,3,14-15H2,1-2H3,(H2,20,21,22);1H. The Hall–Kier alpha value is -1.41. The summed E-state index contributed by atoms with van der Waals surface area (Å²) in [6.45, 7) is 5.43. The van der Waals surface area contributed by atoms with Gasteiger partial charge < -0.3 is 10.6 Å². The van der Waals surface area contributed by atoms with Gasteiger partial charge in [0.05, 0.1) is 23.4 Å². The molecule has 6 heteroatoms. The van der Waals surface area contributed by atoms with Crippen molar-refractivity contribution >= 4 is 40.7 Å². The molecule has 25 heavy (non-hydrogen) atoms. The van der Waals surface area contributed by atoms with Crippen molar-refractivity contribution in [2.75, 3.05) is 18.8 Å². The molecule has 0 amide bonds. The molecule has 2 aromatic carbocycles. The number of hydrogen-bond donors (Lipinski definition) is 2. The first kappa shape index (κ1) is 21.6. The smallest absolute Gasteiger partial charge is 0.191 e. The van der Waals surface area contributed by atoms with Gasteiger partial charge in [0.15, 0.2) is 5.96 Å². The molecule has 0 bridgehead atoms. The van der Waals surface area contributed by atoms with E-state index in [1.807, 2.05) is 55.5 Å². The van der Waals surface area contributed by atoms with Crippen LogP contribution in [0.2, 0.25) is 0 Å². The molecule has 2 unspecified atom stereocenters. The summed E-state index contributed by atoms with van der Waals surface area (Å²) in [5, 5.41) is 6.62. The minimum atomic E-state index is -1.02. The van der Waals surface area contributed by atoms with E-state index in [-0.39, 0.29) is 30.0 Å². The highest BCUT2D eigenvalue weighted by Crippen LogP contribution is 2.10. The number of nitrogens with zero attached hydrogens (tertiary/aromatic N) is 1. The summed E-state index contributed by atoms with van der Waals surface area (Å²) >= 11 is 0. The third-order valence-corrected chi connectivity index (χ3v) is 4.90. The van der Waals surface area contributed by atoms with E-state index >= 15 is 0 Å². The largest absolute Gasteiger partial charge is 0.357 e. The van der Waals surface area contributed by atoms with Crippen LogP contribution in [-0.2, 0) is 10.8 Å². The van der Waals surface area contributed by atoms with E-state index in [1.165, 1.54) is 5.56 Å². The minimum Gasteiger partial charge on any atom is -0.357 e. The molecule has 0 spiro atoms. The normalized spacial score (nSPS) is 13.4. The predicted octanol–water partition coefficient (Wildman–Crippen LogP) is 3.73. The van der Waals surface area contributed by atoms with Gasteiger partial charge in [-0.25, -0.2) is 0 Å². The summed E-state index contributed by atoms with van der Waals surface area (Å²) in [5.41, 5.74) is 1.20. The molecule has 0 aliphatic carbocycles. The van der Waals surface area contributed by atoms with Crippen LogP contribution >= 0.6 is 24.0 Å². The second-order valence-corrected chi connectivity index (χ2v) is 6.97. The Labute approximate surface area is 170 Å². The predicted molar refractivity (Wildman–Crippen MR) is 117 cm³/mol. The second-order valence-electron chi connectivity index (χ2n) is 5.40. The van der Waals surface area contributed by atoms with Crippen LogP contribution in [0.4, 0.5) is 0 Å². The number of hydrogen-bond acceptors (Lipinski definition) is 2. The molecule has 0 aliphatic rings. The summed E-state index contributed by atoms with van der Waals surface area (Å²) in [7, 11) is -1.02. The zero-order chi connectivity index (χ0) is 17.2. The molecule has 0 aliphatic heterocycles. The Bertz CT molecular complexity index is 665. The maximum Gasteiger partial charge on any atom is 0.191 e. The van der Waals surface area contributed by atoms with E-state index < -0.39 is 10.8 Å². The molecule has 0 saturated carbocycles. The quantitative estimate of drug-likeness (QED) is 0.368. The van der Waals surface area contributed by atoms with Gasteiger partial charge in [0, 0.05) is 17.2 Å². The van der Waals surface area contributed by atoms with Gasteiger partial charge in [0.1, 0.15) is 0 Å². The van der Waals surface area contributed by atoms with Crippen LogP contribution in [0.3, 0.4) is 0 Å². The van der Waals surface area contributed by atoms with Crippen LogP contribution in [0.15, 0.2) is 70.6 Å². The van der Waals surface area contributed by atoms with Gasteiger partial charge in [-0.15, -0.1) is 24.0 Å². The number of halogens is 1. The maximum absolute atomic E-state index is 12.2. The average molecular weight is 471 g/mol. The highest BCUT2D eigenvalue weighted by atomic mass is 127. The number of rotatable bonds is 7. The van der Waals surface area contributed by atoms with Crippen molar-refractivity contribution in [3.63, 3.8) is 0 Å². The van der Waals surface area contributed by atoms with Crippen molar-refractivity contribution in [1.82, 2.24) is 10.6 Å². The molecule has 0 heterocycles. The molecule has 2 atom stereocenters. The van der Waals surface area contributed by atoms with Crippen molar-refractivity contribution in [2.24, 2.45) is 4.99 Å². The SMILES string of the molecule is CCNC(=NCCS(=O)c1ccccc1)NC(C)c1ccccc1.I. The number of nitrogens with one attached hydrogen (secondary N) is 2. The molecule has 2 rings (SSSR count). The van der Waals surface area contributed by atoms with Gasteiger partial charge in [-0.1, -0.05) is 48.5 Å². The summed E-state index contributed by atoms with van der Waals surface area (Å²) < 4.78 is 12.2. The Morgan fingerprint density at radius 2 is 1.68 bits per heavy atom. The lowest BCUT2D eigenvalue weighted by molar-refractivity contribution is 0.680. The van der Waals surface area contributed by atoms with Gasteiger partial charge in [0.2, 0.25) is 0 Å². The molecule has 0 fully saturated rings. The fourth-order valence-electron chi connectivity index (χ4n) is 2.28. The fraction of sp³-hybridized carbons (Fsp3) is 0.316. The van der Waals surface area contributed by atoms with Crippen LogP contribution in [0.25, 0.3) is 0 Å². The first-order valence-electron chi connectivity index (χ1n) is 8.24. The molecule has 0 radical (unpaired) electrons. The third kappa shape index (κ3) is 7.56. The van der Waals surface area contributed by atoms with E-state index in [2.05, 4.69) is 34.7 Å². The van der Waals surface area contributed by atoms with Crippen LogP contribution in [0, 0.1) is 0 Å². The van der Waals surface area contributed by atoms with Gasteiger partial charge >= 0.3 is 0 Å². The lowest BCUT2D eigenvalue weighted by Crippen LogP contribution is -2.39. The third-order valence-electron chi connectivity index (χ3n) is 3.55. The summed E-state index contributed by atoms with van der Waals surface area (Å²) in [6.07, 6.45) is 0. The highest BCUT2D eigenvalue weighted by molar-refractivity contribution is 14.0. The van der Waals surface area contributed by atoms with Crippen molar-refractivity contribution < 1.29 is 4.21 Å². The monoisotopic (exact) mass is 471 g/mol. The second kappa shape index (κ2) is 12.0. The van der Waals surface area contributed by atoms with E-state index in [9.17, 15) is 4.21 Å². The molecule has 0 aromatic heterocycles. The Balaban J connectivity index is 0.00000312. The molecule has 4 nitrogen and oxygen atoms in total.